The van der Waals surface area contributed by atoms with Crippen molar-refractivity contribution in [2.75, 3.05) is 32.8 Å². The Morgan fingerprint density at radius 3 is 3.19 bits per heavy atom. The molecule has 0 radical (unpaired) electrons. The van der Waals surface area contributed by atoms with Gasteiger partial charge < -0.3 is 14.8 Å². The van der Waals surface area contributed by atoms with E-state index < -0.39 is 0 Å². The van der Waals surface area contributed by atoms with Gasteiger partial charge in [0.1, 0.15) is 5.75 Å². The van der Waals surface area contributed by atoms with E-state index in [4.69, 9.17) is 9.47 Å². The van der Waals surface area contributed by atoms with E-state index in [-0.39, 0.29) is 0 Å². The summed E-state index contributed by atoms with van der Waals surface area (Å²) in [5, 5.41) is 3.52. The van der Waals surface area contributed by atoms with Crippen LogP contribution in [0.3, 0.4) is 0 Å². The molecule has 2 saturated heterocycles. The van der Waals surface area contributed by atoms with Gasteiger partial charge in [0.15, 0.2) is 0 Å². The number of nitrogens with one attached hydrogen (secondary N) is 1. The van der Waals surface area contributed by atoms with Crippen LogP contribution in [0.25, 0.3) is 0 Å². The molecule has 3 rings (SSSR count). The van der Waals surface area contributed by atoms with Crippen LogP contribution < -0.4 is 10.1 Å². The van der Waals surface area contributed by atoms with Crippen molar-refractivity contribution < 1.29 is 9.47 Å². The van der Waals surface area contributed by atoms with E-state index >= 15 is 0 Å². The third-order valence-electron chi connectivity index (χ3n) is 4.42. The lowest BCUT2D eigenvalue weighted by Crippen LogP contribution is -2.49. The molecule has 2 aliphatic rings. The fourth-order valence-corrected chi connectivity index (χ4v) is 3.32. The van der Waals surface area contributed by atoms with Crippen LogP contribution in [-0.4, -0.2) is 49.9 Å². The molecule has 4 nitrogen and oxygen atoms in total. The lowest BCUT2D eigenvalue weighted by Gasteiger charge is -2.35. The highest BCUT2D eigenvalue weighted by Crippen LogP contribution is 2.22. The molecule has 1 N–H and O–H groups in total. The van der Waals surface area contributed by atoms with E-state index in [1.807, 2.05) is 19.1 Å². The fraction of sp³-hybridized carbons (Fsp3) is 0.647. The Labute approximate surface area is 127 Å². The molecule has 0 aliphatic carbocycles. The van der Waals surface area contributed by atoms with Gasteiger partial charge in [0, 0.05) is 31.2 Å². The molecule has 21 heavy (non-hydrogen) atoms. The largest absolute Gasteiger partial charge is 0.494 e. The molecule has 2 atom stereocenters. The van der Waals surface area contributed by atoms with Crippen LogP contribution in [-0.2, 0) is 11.3 Å². The number of nitrogens with zero attached hydrogens (tertiary/aromatic N) is 1. The van der Waals surface area contributed by atoms with Crippen molar-refractivity contribution >= 4 is 0 Å². The maximum absolute atomic E-state index is 5.97. The molecule has 0 aromatic heterocycles. The third-order valence-corrected chi connectivity index (χ3v) is 4.42. The van der Waals surface area contributed by atoms with Crippen molar-refractivity contribution in [1.82, 2.24) is 10.2 Å². The molecule has 2 heterocycles. The van der Waals surface area contributed by atoms with Crippen molar-refractivity contribution in [2.24, 2.45) is 0 Å². The Morgan fingerprint density at radius 2 is 2.29 bits per heavy atom. The van der Waals surface area contributed by atoms with Gasteiger partial charge in [-0.2, -0.15) is 0 Å². The average molecular weight is 290 g/mol. The number of rotatable bonds is 6. The number of benzene rings is 1. The Balaban J connectivity index is 1.46. The Kier molecular flexibility index (Phi) is 5.12. The van der Waals surface area contributed by atoms with Gasteiger partial charge in [0.05, 0.1) is 19.3 Å². The summed E-state index contributed by atoms with van der Waals surface area (Å²) in [6.07, 6.45) is 2.95. The van der Waals surface area contributed by atoms with E-state index in [9.17, 15) is 0 Å². The lowest BCUT2D eigenvalue weighted by molar-refractivity contribution is -0.0470. The van der Waals surface area contributed by atoms with E-state index in [1.54, 1.807) is 0 Å². The summed E-state index contributed by atoms with van der Waals surface area (Å²) in [4.78, 5) is 2.59. The average Bonchev–Trinajstić information content (AvgIpc) is 2.97. The van der Waals surface area contributed by atoms with E-state index in [0.717, 1.165) is 32.0 Å². The van der Waals surface area contributed by atoms with Gasteiger partial charge in [-0.15, -0.1) is 0 Å². The molecular weight excluding hydrogens is 264 g/mol. The molecule has 116 valence electrons. The number of hydrogen-bond donors (Lipinski definition) is 1. The van der Waals surface area contributed by atoms with Gasteiger partial charge in [0.2, 0.25) is 0 Å². The summed E-state index contributed by atoms with van der Waals surface area (Å²) < 4.78 is 11.6. The first-order valence-corrected chi connectivity index (χ1v) is 8.14. The van der Waals surface area contributed by atoms with Crippen LogP contribution in [0.4, 0.5) is 0 Å². The van der Waals surface area contributed by atoms with Crippen LogP contribution in [0.1, 0.15) is 25.3 Å². The maximum Gasteiger partial charge on any atom is 0.123 e. The highest BCUT2D eigenvalue weighted by Gasteiger charge is 2.31. The van der Waals surface area contributed by atoms with Gasteiger partial charge in [-0.05, 0) is 32.4 Å². The Bertz CT molecular complexity index is 452. The molecule has 0 amide bonds. The number of para-hydroxylation sites is 1. The van der Waals surface area contributed by atoms with Gasteiger partial charge in [-0.1, -0.05) is 18.2 Å². The van der Waals surface area contributed by atoms with Crippen LogP contribution in [0, 0.1) is 0 Å². The van der Waals surface area contributed by atoms with Crippen LogP contribution in [0.5, 0.6) is 5.75 Å². The monoisotopic (exact) mass is 290 g/mol. The normalized spacial score (nSPS) is 25.8. The van der Waals surface area contributed by atoms with E-state index in [0.29, 0.717) is 18.8 Å². The molecule has 0 spiro atoms. The molecule has 2 aliphatic heterocycles. The topological polar surface area (TPSA) is 33.7 Å². The Hall–Kier alpha value is -1.10. The van der Waals surface area contributed by atoms with Crippen LogP contribution >= 0.6 is 0 Å². The second-order valence-corrected chi connectivity index (χ2v) is 5.92. The summed E-state index contributed by atoms with van der Waals surface area (Å²) in [6.45, 7) is 7.69. The molecule has 0 saturated carbocycles. The SMILES string of the molecule is CCOc1ccccc1CNCC1CN2CCCC2CO1. The quantitative estimate of drug-likeness (QED) is 0.869. The highest BCUT2D eigenvalue weighted by molar-refractivity contribution is 5.33. The van der Waals surface area contributed by atoms with Crippen molar-refractivity contribution in [2.45, 2.75) is 38.5 Å². The zero-order valence-electron chi connectivity index (χ0n) is 12.9. The first kappa shape index (κ1) is 14.8. The predicted octanol–water partition coefficient (Wildman–Crippen LogP) is 2.04. The lowest BCUT2D eigenvalue weighted by atomic mass is 10.1. The maximum atomic E-state index is 5.97. The summed E-state index contributed by atoms with van der Waals surface area (Å²) in [7, 11) is 0. The molecule has 1 aromatic rings. The van der Waals surface area contributed by atoms with E-state index in [1.165, 1.54) is 24.9 Å². The third kappa shape index (κ3) is 3.76. The van der Waals surface area contributed by atoms with Crippen molar-refractivity contribution in [1.29, 1.82) is 0 Å². The van der Waals surface area contributed by atoms with Crippen molar-refractivity contribution in [3.05, 3.63) is 29.8 Å². The predicted molar refractivity (Wildman–Crippen MR) is 83.7 cm³/mol. The van der Waals surface area contributed by atoms with Gasteiger partial charge in [0.25, 0.3) is 0 Å². The molecule has 4 heteroatoms. The first-order chi connectivity index (χ1) is 10.4. The number of ether oxygens (including phenoxy) is 2. The second-order valence-electron chi connectivity index (χ2n) is 5.92. The molecule has 0 bridgehead atoms. The summed E-state index contributed by atoms with van der Waals surface area (Å²) in [5.74, 6) is 0.983. The molecule has 2 fully saturated rings. The minimum atomic E-state index is 0.318. The second kappa shape index (κ2) is 7.25. The smallest absolute Gasteiger partial charge is 0.123 e. The molecular formula is C17H26N2O2. The minimum absolute atomic E-state index is 0.318. The van der Waals surface area contributed by atoms with Crippen LogP contribution in [0.15, 0.2) is 24.3 Å². The molecule has 1 aromatic carbocycles. The fourth-order valence-electron chi connectivity index (χ4n) is 3.32. The van der Waals surface area contributed by atoms with Crippen molar-refractivity contribution in [3.63, 3.8) is 0 Å². The zero-order chi connectivity index (χ0) is 14.5. The van der Waals surface area contributed by atoms with Crippen LogP contribution in [0.2, 0.25) is 0 Å². The first-order valence-electron chi connectivity index (χ1n) is 8.14. The number of fused-ring (bicyclic) bond motifs is 1. The molecule has 2 unspecified atom stereocenters. The summed E-state index contributed by atoms with van der Waals surface area (Å²) in [6, 6.07) is 8.92. The Morgan fingerprint density at radius 1 is 1.38 bits per heavy atom. The summed E-state index contributed by atoms with van der Waals surface area (Å²) in [5.41, 5.74) is 1.22. The van der Waals surface area contributed by atoms with Gasteiger partial charge in [-0.25, -0.2) is 0 Å². The van der Waals surface area contributed by atoms with Gasteiger partial charge in [-0.3, -0.25) is 4.90 Å². The van der Waals surface area contributed by atoms with E-state index in [2.05, 4.69) is 22.3 Å². The standard InChI is InChI=1S/C17H26N2O2/c1-2-20-17-8-4-3-6-14(17)10-18-11-16-12-19-9-5-7-15(19)13-21-16/h3-4,6,8,15-16,18H,2,5,7,9-13H2,1H3. The minimum Gasteiger partial charge on any atom is -0.494 e. The number of morpholine rings is 1. The van der Waals surface area contributed by atoms with Gasteiger partial charge >= 0.3 is 0 Å². The number of hydrogen-bond acceptors (Lipinski definition) is 4. The highest BCUT2D eigenvalue weighted by atomic mass is 16.5. The van der Waals surface area contributed by atoms with Crippen molar-refractivity contribution in [3.8, 4) is 5.75 Å². The summed E-state index contributed by atoms with van der Waals surface area (Å²) >= 11 is 0. The zero-order valence-corrected chi connectivity index (χ0v) is 12.9.